The Kier molecular flexibility index (Phi) is 10.3. The summed E-state index contributed by atoms with van der Waals surface area (Å²) in [6.07, 6.45) is 0. The van der Waals surface area contributed by atoms with Gasteiger partial charge in [-0.05, 0) is 56.2 Å². The maximum absolute atomic E-state index is 13.1. The van der Waals surface area contributed by atoms with Crippen LogP contribution in [0.1, 0.15) is 31.9 Å². The Morgan fingerprint density at radius 3 is 2.00 bits per heavy atom. The van der Waals surface area contributed by atoms with Gasteiger partial charge in [-0.15, -0.1) is 11.8 Å². The normalized spacial score (nSPS) is 12.0. The van der Waals surface area contributed by atoms with Crippen molar-refractivity contribution in [2.24, 2.45) is 0 Å². The van der Waals surface area contributed by atoms with Crippen molar-refractivity contribution in [1.82, 2.24) is 10.2 Å². The molecule has 0 radical (unpaired) electrons. The lowest BCUT2D eigenvalue weighted by molar-refractivity contribution is -0.138. The van der Waals surface area contributed by atoms with Crippen LogP contribution in [0.5, 0.6) is 0 Å². The van der Waals surface area contributed by atoms with Gasteiger partial charge in [0.25, 0.3) is 0 Å². The molecular formula is C22H24Cl4N2O2S. The molecule has 0 heterocycles. The van der Waals surface area contributed by atoms with Crippen molar-refractivity contribution in [2.75, 3.05) is 5.75 Å². The van der Waals surface area contributed by atoms with Gasteiger partial charge in [0.2, 0.25) is 11.8 Å². The van der Waals surface area contributed by atoms with Crippen LogP contribution in [0.2, 0.25) is 20.1 Å². The number of hydrogen-bond donors (Lipinski definition) is 1. The second-order valence-electron chi connectivity index (χ2n) is 7.33. The summed E-state index contributed by atoms with van der Waals surface area (Å²) in [6, 6.07) is 9.67. The summed E-state index contributed by atoms with van der Waals surface area (Å²) in [5.41, 5.74) is 1.61. The molecule has 0 saturated carbocycles. The van der Waals surface area contributed by atoms with Crippen molar-refractivity contribution in [3.63, 3.8) is 0 Å². The summed E-state index contributed by atoms with van der Waals surface area (Å²) in [5, 5.41) is 4.93. The summed E-state index contributed by atoms with van der Waals surface area (Å²) in [4.78, 5) is 27.2. The number of nitrogens with one attached hydrogen (secondary N) is 1. The molecule has 1 N–H and O–H groups in total. The van der Waals surface area contributed by atoms with E-state index in [1.54, 1.807) is 37.3 Å². The van der Waals surface area contributed by atoms with E-state index in [2.05, 4.69) is 5.32 Å². The van der Waals surface area contributed by atoms with E-state index in [-0.39, 0.29) is 30.2 Å². The lowest BCUT2D eigenvalue weighted by Gasteiger charge is -2.29. The van der Waals surface area contributed by atoms with Crippen molar-refractivity contribution in [1.29, 1.82) is 0 Å². The molecule has 2 amide bonds. The number of carbonyl (C=O) groups is 2. The number of halogens is 4. The van der Waals surface area contributed by atoms with Gasteiger partial charge >= 0.3 is 0 Å². The third-order valence-corrected chi connectivity index (χ3v) is 6.59. The molecule has 0 unspecified atom stereocenters. The molecule has 0 aliphatic rings. The van der Waals surface area contributed by atoms with Crippen LogP contribution in [0.4, 0.5) is 0 Å². The maximum atomic E-state index is 13.1. The zero-order valence-corrected chi connectivity index (χ0v) is 21.3. The molecule has 31 heavy (non-hydrogen) atoms. The Bertz CT molecular complexity index is 940. The van der Waals surface area contributed by atoms with Gasteiger partial charge in [0.1, 0.15) is 6.04 Å². The maximum Gasteiger partial charge on any atom is 0.242 e. The Hall–Kier alpha value is -1.11. The van der Waals surface area contributed by atoms with Gasteiger partial charge in [-0.2, -0.15) is 0 Å². The summed E-state index contributed by atoms with van der Waals surface area (Å²) >= 11 is 25.9. The summed E-state index contributed by atoms with van der Waals surface area (Å²) < 4.78 is 0. The van der Waals surface area contributed by atoms with Gasteiger partial charge in [0.05, 0.1) is 5.75 Å². The highest BCUT2D eigenvalue weighted by Gasteiger charge is 2.27. The van der Waals surface area contributed by atoms with E-state index in [0.717, 1.165) is 5.56 Å². The first kappa shape index (κ1) is 26.1. The van der Waals surface area contributed by atoms with Crippen molar-refractivity contribution in [2.45, 2.75) is 45.2 Å². The highest BCUT2D eigenvalue weighted by atomic mass is 35.5. The Morgan fingerprint density at radius 2 is 1.48 bits per heavy atom. The van der Waals surface area contributed by atoms with Crippen LogP contribution in [0.3, 0.4) is 0 Å². The number of benzene rings is 2. The minimum Gasteiger partial charge on any atom is -0.352 e. The highest BCUT2D eigenvalue weighted by Crippen LogP contribution is 2.26. The van der Waals surface area contributed by atoms with Crippen LogP contribution >= 0.6 is 58.2 Å². The molecule has 0 aromatic heterocycles. The number of carbonyl (C=O) groups excluding carboxylic acids is 2. The van der Waals surface area contributed by atoms with Gasteiger partial charge in [0.15, 0.2) is 0 Å². The first-order chi connectivity index (χ1) is 14.6. The quantitative estimate of drug-likeness (QED) is 0.411. The first-order valence-corrected chi connectivity index (χ1v) is 12.3. The van der Waals surface area contributed by atoms with E-state index in [9.17, 15) is 9.59 Å². The molecule has 0 fully saturated rings. The summed E-state index contributed by atoms with van der Waals surface area (Å²) in [5.74, 6) is 0.333. The molecule has 2 aromatic carbocycles. The van der Waals surface area contributed by atoms with Crippen LogP contribution < -0.4 is 5.32 Å². The molecular weight excluding hydrogens is 498 g/mol. The molecule has 2 aromatic rings. The van der Waals surface area contributed by atoms with Crippen molar-refractivity contribution in [3.05, 3.63) is 67.6 Å². The number of amides is 2. The fraction of sp³-hybridized carbons (Fsp3) is 0.364. The van der Waals surface area contributed by atoms with Gasteiger partial charge in [0, 0.05) is 38.4 Å². The van der Waals surface area contributed by atoms with Crippen LogP contribution in [-0.4, -0.2) is 34.6 Å². The van der Waals surface area contributed by atoms with Gasteiger partial charge < -0.3 is 10.2 Å². The zero-order chi connectivity index (χ0) is 23.1. The van der Waals surface area contributed by atoms with Crippen molar-refractivity contribution < 1.29 is 9.59 Å². The third-order valence-electron chi connectivity index (χ3n) is 4.45. The molecule has 4 nitrogen and oxygen atoms in total. The molecule has 0 bridgehead atoms. The monoisotopic (exact) mass is 520 g/mol. The third kappa shape index (κ3) is 8.07. The topological polar surface area (TPSA) is 49.4 Å². The number of rotatable bonds is 9. The van der Waals surface area contributed by atoms with E-state index in [1.165, 1.54) is 16.7 Å². The minimum atomic E-state index is -0.665. The number of hydrogen-bond acceptors (Lipinski definition) is 3. The van der Waals surface area contributed by atoms with Crippen LogP contribution in [-0.2, 0) is 21.9 Å². The Morgan fingerprint density at radius 1 is 0.935 bits per heavy atom. The largest absolute Gasteiger partial charge is 0.352 e. The van der Waals surface area contributed by atoms with Crippen LogP contribution in [0.15, 0.2) is 36.4 Å². The molecule has 9 heteroatoms. The standard InChI is InChI=1S/C22H24Cl4N2O2S/c1-13(2)27-22(30)14(3)28(10-15-4-6-17(23)8-19(15)25)21(29)12-31-11-16-5-7-18(24)9-20(16)26/h4-9,13-14H,10-12H2,1-3H3,(H,27,30)/t14-/m0/s1. The predicted molar refractivity (Wildman–Crippen MR) is 132 cm³/mol. The lowest BCUT2D eigenvalue weighted by atomic mass is 10.1. The van der Waals surface area contributed by atoms with Crippen LogP contribution in [0, 0.1) is 0 Å². The minimum absolute atomic E-state index is 0.0348. The number of nitrogens with zero attached hydrogens (tertiary/aromatic N) is 1. The van der Waals surface area contributed by atoms with Crippen molar-refractivity contribution >= 4 is 70.0 Å². The lowest BCUT2D eigenvalue weighted by Crippen LogP contribution is -2.49. The van der Waals surface area contributed by atoms with Gasteiger partial charge in [-0.25, -0.2) is 0 Å². The first-order valence-electron chi connectivity index (χ1n) is 9.64. The van der Waals surface area contributed by atoms with Crippen molar-refractivity contribution in [3.8, 4) is 0 Å². The second-order valence-corrected chi connectivity index (χ2v) is 10.00. The van der Waals surface area contributed by atoms with E-state index in [1.807, 2.05) is 19.9 Å². The Balaban J connectivity index is 2.13. The van der Waals surface area contributed by atoms with Crippen LogP contribution in [0.25, 0.3) is 0 Å². The SMILES string of the molecule is CC(C)NC(=O)[C@H](C)N(Cc1ccc(Cl)cc1Cl)C(=O)CSCc1ccc(Cl)cc1Cl. The molecule has 0 aliphatic heterocycles. The van der Waals surface area contributed by atoms with Gasteiger partial charge in [-0.3, -0.25) is 9.59 Å². The second kappa shape index (κ2) is 12.2. The number of thioether (sulfide) groups is 1. The van der Waals surface area contributed by atoms with E-state index < -0.39 is 6.04 Å². The zero-order valence-electron chi connectivity index (χ0n) is 17.4. The van der Waals surface area contributed by atoms with E-state index >= 15 is 0 Å². The molecule has 2 rings (SSSR count). The molecule has 0 saturated heterocycles. The fourth-order valence-electron chi connectivity index (χ4n) is 2.79. The molecule has 0 aliphatic carbocycles. The summed E-state index contributed by atoms with van der Waals surface area (Å²) in [6.45, 7) is 5.65. The average Bonchev–Trinajstić information content (AvgIpc) is 2.68. The molecule has 168 valence electrons. The highest BCUT2D eigenvalue weighted by molar-refractivity contribution is 7.99. The van der Waals surface area contributed by atoms with Gasteiger partial charge in [-0.1, -0.05) is 58.5 Å². The predicted octanol–water partition coefficient (Wildman–Crippen LogP) is 6.48. The smallest absolute Gasteiger partial charge is 0.242 e. The Labute approximate surface area is 207 Å². The fourth-order valence-corrected chi connectivity index (χ4v) is 4.73. The molecule has 1 atom stereocenters. The van der Waals surface area contributed by atoms with E-state index in [0.29, 0.717) is 31.4 Å². The molecule has 0 spiro atoms. The summed E-state index contributed by atoms with van der Waals surface area (Å²) in [7, 11) is 0. The van der Waals surface area contributed by atoms with E-state index in [4.69, 9.17) is 46.4 Å². The average molecular weight is 522 g/mol.